The number of rotatable bonds is 7. The van der Waals surface area contributed by atoms with Crippen molar-refractivity contribution < 1.29 is 14.3 Å². The van der Waals surface area contributed by atoms with Gasteiger partial charge in [-0.2, -0.15) is 0 Å². The van der Waals surface area contributed by atoms with Crippen LogP contribution in [0.25, 0.3) is 5.65 Å². The van der Waals surface area contributed by atoms with Crippen LogP contribution < -0.4 is 4.74 Å². The molecule has 0 amide bonds. The summed E-state index contributed by atoms with van der Waals surface area (Å²) in [7, 11) is 0. The van der Waals surface area contributed by atoms with E-state index in [1.807, 2.05) is 24.3 Å². The van der Waals surface area contributed by atoms with Crippen LogP contribution in [0.3, 0.4) is 0 Å². The van der Waals surface area contributed by atoms with E-state index in [1.54, 1.807) is 23.7 Å². The Morgan fingerprint density at radius 3 is 2.84 bits per heavy atom. The molecule has 0 aliphatic carbocycles. The molecular formula is C16H15ClN4O3S. The van der Waals surface area contributed by atoms with Crippen LogP contribution in [0.2, 0.25) is 5.02 Å². The average Bonchev–Trinajstić information content (AvgIpc) is 3.10. The topological polar surface area (TPSA) is 78.6 Å². The van der Waals surface area contributed by atoms with Gasteiger partial charge in [-0.25, -0.2) is 9.78 Å². The molecule has 2 aromatic heterocycles. The molecule has 0 aliphatic rings. The molecule has 0 fully saturated rings. The Bertz CT molecular complexity index is 869. The molecule has 3 aromatic rings. The maximum atomic E-state index is 11.4. The molecule has 0 bridgehead atoms. The minimum absolute atomic E-state index is 0.189. The minimum Gasteiger partial charge on any atom is -0.463 e. The number of carbonyl (C=O) groups is 1. The van der Waals surface area contributed by atoms with E-state index in [0.717, 1.165) is 5.56 Å². The van der Waals surface area contributed by atoms with Gasteiger partial charge in [0, 0.05) is 23.2 Å². The van der Waals surface area contributed by atoms with Gasteiger partial charge in [-0.3, -0.25) is 4.40 Å². The molecule has 0 atom stereocenters. The molecule has 0 N–H and O–H groups in total. The monoisotopic (exact) mass is 378 g/mol. The van der Waals surface area contributed by atoms with Crippen molar-refractivity contribution in [1.82, 2.24) is 19.6 Å². The number of carbonyl (C=O) groups excluding carboxylic acids is 1. The first-order valence-electron chi connectivity index (χ1n) is 7.52. The van der Waals surface area contributed by atoms with E-state index >= 15 is 0 Å². The van der Waals surface area contributed by atoms with Crippen molar-refractivity contribution in [2.24, 2.45) is 0 Å². The number of ether oxygens (including phenoxy) is 2. The van der Waals surface area contributed by atoms with Crippen LogP contribution in [0.5, 0.6) is 5.88 Å². The molecule has 7 nitrogen and oxygen atoms in total. The van der Waals surface area contributed by atoms with E-state index in [9.17, 15) is 4.79 Å². The van der Waals surface area contributed by atoms with E-state index in [2.05, 4.69) is 15.2 Å². The summed E-state index contributed by atoms with van der Waals surface area (Å²) in [6, 6.07) is 7.62. The zero-order valence-electron chi connectivity index (χ0n) is 13.4. The molecule has 3 rings (SSSR count). The summed E-state index contributed by atoms with van der Waals surface area (Å²) in [4.78, 5) is 15.6. The van der Waals surface area contributed by atoms with E-state index in [4.69, 9.17) is 21.1 Å². The zero-order valence-corrected chi connectivity index (χ0v) is 15.0. The Morgan fingerprint density at radius 1 is 1.28 bits per heavy atom. The fraction of sp³-hybridized carbons (Fsp3) is 0.250. The van der Waals surface area contributed by atoms with Gasteiger partial charge in [-0.05, 0) is 24.6 Å². The van der Waals surface area contributed by atoms with Gasteiger partial charge in [0.05, 0.1) is 6.61 Å². The molecule has 9 heteroatoms. The lowest BCUT2D eigenvalue weighted by atomic mass is 10.2. The van der Waals surface area contributed by atoms with Crippen LogP contribution in [-0.4, -0.2) is 38.8 Å². The number of aromatic nitrogens is 4. The quantitative estimate of drug-likeness (QED) is 0.462. The molecule has 130 valence electrons. The highest BCUT2D eigenvalue weighted by molar-refractivity contribution is 7.98. The first kappa shape index (κ1) is 17.5. The average molecular weight is 379 g/mol. The number of benzene rings is 1. The van der Waals surface area contributed by atoms with Crippen LogP contribution in [0.4, 0.5) is 0 Å². The predicted octanol–water partition coefficient (Wildman–Crippen LogP) is 3.01. The van der Waals surface area contributed by atoms with Gasteiger partial charge in [0.25, 0.3) is 5.88 Å². The van der Waals surface area contributed by atoms with E-state index in [1.165, 1.54) is 11.8 Å². The van der Waals surface area contributed by atoms with Crippen molar-refractivity contribution in [3.05, 3.63) is 47.2 Å². The van der Waals surface area contributed by atoms with Crippen LogP contribution in [0, 0.1) is 0 Å². The SMILES string of the molecule is CCOC(=O)COc1nnc(SCc2ccc(Cl)cc2)n2ccnc12. The van der Waals surface area contributed by atoms with E-state index in [-0.39, 0.29) is 12.5 Å². The summed E-state index contributed by atoms with van der Waals surface area (Å²) >= 11 is 7.41. The lowest BCUT2D eigenvalue weighted by Crippen LogP contribution is -2.16. The van der Waals surface area contributed by atoms with Gasteiger partial charge in [-0.1, -0.05) is 35.5 Å². The van der Waals surface area contributed by atoms with E-state index < -0.39 is 5.97 Å². The summed E-state index contributed by atoms with van der Waals surface area (Å²) in [5.74, 6) is 0.436. The third kappa shape index (κ3) is 4.40. The number of hydrogen-bond acceptors (Lipinski definition) is 7. The standard InChI is InChI=1S/C16H15ClN4O3S/c1-2-23-13(22)9-24-15-14-18-7-8-21(14)16(20-19-15)25-10-11-3-5-12(17)6-4-11/h3-8H,2,9-10H2,1H3. The maximum absolute atomic E-state index is 11.4. The Morgan fingerprint density at radius 2 is 2.08 bits per heavy atom. The third-order valence-electron chi connectivity index (χ3n) is 3.18. The van der Waals surface area contributed by atoms with Crippen LogP contribution >= 0.6 is 23.4 Å². The first-order chi connectivity index (χ1) is 12.2. The van der Waals surface area contributed by atoms with E-state index in [0.29, 0.717) is 28.2 Å². The number of esters is 1. The van der Waals surface area contributed by atoms with Crippen molar-refractivity contribution in [2.75, 3.05) is 13.2 Å². The Kier molecular flexibility index (Phi) is 5.72. The van der Waals surface area contributed by atoms with Crippen molar-refractivity contribution in [2.45, 2.75) is 17.8 Å². The highest BCUT2D eigenvalue weighted by Gasteiger charge is 2.13. The molecule has 0 aliphatic heterocycles. The Hall–Kier alpha value is -2.32. The summed E-state index contributed by atoms with van der Waals surface area (Å²) in [5.41, 5.74) is 1.62. The minimum atomic E-state index is -0.463. The van der Waals surface area contributed by atoms with Gasteiger partial charge in [0.1, 0.15) is 0 Å². The van der Waals surface area contributed by atoms with Crippen molar-refractivity contribution in [3.63, 3.8) is 0 Å². The fourth-order valence-electron chi connectivity index (χ4n) is 2.05. The number of fused-ring (bicyclic) bond motifs is 1. The van der Waals surface area contributed by atoms with Gasteiger partial charge in [-0.15, -0.1) is 10.2 Å². The lowest BCUT2D eigenvalue weighted by molar-refractivity contribution is -0.145. The van der Waals surface area contributed by atoms with Crippen molar-refractivity contribution in [1.29, 1.82) is 0 Å². The van der Waals surface area contributed by atoms with Crippen LogP contribution in [0.1, 0.15) is 12.5 Å². The molecule has 0 radical (unpaired) electrons. The van der Waals surface area contributed by atoms with Crippen molar-refractivity contribution >= 4 is 35.0 Å². The first-order valence-corrected chi connectivity index (χ1v) is 8.89. The molecule has 0 saturated carbocycles. The largest absolute Gasteiger partial charge is 0.463 e. The number of nitrogens with zero attached hydrogens (tertiary/aromatic N) is 4. The predicted molar refractivity (Wildman–Crippen MR) is 93.9 cm³/mol. The van der Waals surface area contributed by atoms with Crippen molar-refractivity contribution in [3.8, 4) is 5.88 Å². The smallest absolute Gasteiger partial charge is 0.344 e. The van der Waals surface area contributed by atoms with Crippen LogP contribution in [0.15, 0.2) is 41.8 Å². The second-order valence-corrected chi connectivity index (χ2v) is 6.30. The normalized spacial score (nSPS) is 10.8. The number of thioether (sulfide) groups is 1. The Balaban J connectivity index is 1.72. The molecule has 2 heterocycles. The molecule has 1 aromatic carbocycles. The Labute approximate surface area is 153 Å². The molecule has 0 unspecified atom stereocenters. The van der Waals surface area contributed by atoms with Gasteiger partial charge >= 0.3 is 5.97 Å². The van der Waals surface area contributed by atoms with Gasteiger partial charge < -0.3 is 9.47 Å². The lowest BCUT2D eigenvalue weighted by Gasteiger charge is -2.08. The summed E-state index contributed by atoms with van der Waals surface area (Å²) in [6.45, 7) is 1.80. The maximum Gasteiger partial charge on any atom is 0.344 e. The fourth-order valence-corrected chi connectivity index (χ4v) is 3.05. The molecular weight excluding hydrogens is 364 g/mol. The van der Waals surface area contributed by atoms with Gasteiger partial charge in [0.2, 0.25) is 5.65 Å². The van der Waals surface area contributed by atoms with Gasteiger partial charge in [0.15, 0.2) is 11.8 Å². The molecule has 0 spiro atoms. The molecule has 0 saturated heterocycles. The summed E-state index contributed by atoms with van der Waals surface area (Å²) < 4.78 is 12.0. The van der Waals surface area contributed by atoms with Crippen LogP contribution in [-0.2, 0) is 15.3 Å². The summed E-state index contributed by atoms with van der Waals surface area (Å²) in [5, 5.41) is 9.58. The second-order valence-electron chi connectivity index (χ2n) is 4.92. The highest BCUT2D eigenvalue weighted by atomic mass is 35.5. The number of hydrogen-bond donors (Lipinski definition) is 0. The second kappa shape index (κ2) is 8.17. The third-order valence-corrected chi connectivity index (χ3v) is 4.44. The number of halogens is 1. The number of imidazole rings is 1. The molecule has 25 heavy (non-hydrogen) atoms. The zero-order chi connectivity index (χ0) is 17.6. The summed E-state index contributed by atoms with van der Waals surface area (Å²) in [6.07, 6.45) is 3.40. The highest BCUT2D eigenvalue weighted by Crippen LogP contribution is 2.24.